The zero-order valence-electron chi connectivity index (χ0n) is 28.0. The molecule has 10 aromatic rings. The maximum absolute atomic E-state index is 6.67. The molecule has 0 bridgehead atoms. The van der Waals surface area contributed by atoms with E-state index < -0.39 is 0 Å². The zero-order valence-corrected chi connectivity index (χ0v) is 28.0. The molecular weight excluding hydrogens is 637 g/mol. The van der Waals surface area contributed by atoms with E-state index in [4.69, 9.17) is 13.8 Å². The Bertz CT molecular complexity index is 3060. The van der Waals surface area contributed by atoms with Crippen molar-refractivity contribution in [1.29, 1.82) is 0 Å². The quantitative estimate of drug-likeness (QED) is 0.203. The van der Waals surface area contributed by atoms with Gasteiger partial charge in [-0.05, 0) is 91.8 Å². The first kappa shape index (κ1) is 28.9. The van der Waals surface area contributed by atoms with E-state index in [0.29, 0.717) is 0 Å². The molecule has 0 fully saturated rings. The first-order valence-electron chi connectivity index (χ1n) is 17.6. The second-order valence-electron chi connectivity index (χ2n) is 13.6. The highest BCUT2D eigenvalue weighted by atomic mass is 16.3. The van der Waals surface area contributed by atoms with Gasteiger partial charge in [0.05, 0.1) is 5.69 Å². The highest BCUT2D eigenvalue weighted by Crippen LogP contribution is 2.43. The van der Waals surface area contributed by atoms with E-state index in [1.807, 2.05) is 24.3 Å². The molecule has 0 amide bonds. The first-order valence-corrected chi connectivity index (χ1v) is 17.6. The highest BCUT2D eigenvalue weighted by molar-refractivity contribution is 6.27. The van der Waals surface area contributed by atoms with Crippen molar-refractivity contribution in [2.24, 2.45) is 4.99 Å². The van der Waals surface area contributed by atoms with Crippen molar-refractivity contribution in [3.63, 3.8) is 0 Å². The Labute approximate surface area is 299 Å². The third kappa shape index (κ3) is 4.58. The summed E-state index contributed by atoms with van der Waals surface area (Å²) < 4.78 is 13.2. The van der Waals surface area contributed by atoms with E-state index in [1.54, 1.807) is 0 Å². The Morgan fingerprint density at radius 2 is 1.02 bits per heavy atom. The van der Waals surface area contributed by atoms with Crippen molar-refractivity contribution in [1.82, 2.24) is 0 Å². The summed E-state index contributed by atoms with van der Waals surface area (Å²) >= 11 is 0. The first-order chi connectivity index (χ1) is 25.7. The number of anilines is 1. The van der Waals surface area contributed by atoms with Crippen LogP contribution in [-0.2, 0) is 0 Å². The van der Waals surface area contributed by atoms with E-state index in [-0.39, 0.29) is 6.17 Å². The van der Waals surface area contributed by atoms with Gasteiger partial charge in [-0.2, -0.15) is 0 Å². The summed E-state index contributed by atoms with van der Waals surface area (Å²) in [5.74, 6) is 0.729. The van der Waals surface area contributed by atoms with Gasteiger partial charge >= 0.3 is 0 Å². The van der Waals surface area contributed by atoms with Crippen LogP contribution in [0.5, 0.6) is 0 Å². The lowest BCUT2D eigenvalue weighted by Crippen LogP contribution is -2.20. The number of benzene rings is 8. The lowest BCUT2D eigenvalue weighted by molar-refractivity contribution is 0.599. The van der Waals surface area contributed by atoms with Gasteiger partial charge in [-0.1, -0.05) is 127 Å². The summed E-state index contributed by atoms with van der Waals surface area (Å²) in [6, 6.07) is 59.8. The van der Waals surface area contributed by atoms with Gasteiger partial charge in [0.1, 0.15) is 28.6 Å². The van der Waals surface area contributed by atoms with Crippen LogP contribution in [0.1, 0.15) is 23.1 Å². The molecule has 2 aromatic heterocycles. The maximum Gasteiger partial charge on any atom is 0.177 e. The van der Waals surface area contributed by atoms with Gasteiger partial charge in [0.15, 0.2) is 5.76 Å². The van der Waals surface area contributed by atoms with Crippen molar-refractivity contribution < 1.29 is 8.83 Å². The van der Waals surface area contributed by atoms with Gasteiger partial charge in [-0.15, -0.1) is 0 Å². The predicted octanol–water partition coefficient (Wildman–Crippen LogP) is 12.9. The number of para-hydroxylation sites is 2. The fourth-order valence-electron chi connectivity index (χ4n) is 7.87. The van der Waals surface area contributed by atoms with Crippen LogP contribution in [0.3, 0.4) is 0 Å². The molecule has 1 atom stereocenters. The minimum Gasteiger partial charge on any atom is -0.456 e. The lowest BCUT2D eigenvalue weighted by atomic mass is 9.93. The van der Waals surface area contributed by atoms with Crippen molar-refractivity contribution in [2.75, 3.05) is 5.32 Å². The summed E-state index contributed by atoms with van der Waals surface area (Å²) in [7, 11) is 0. The number of nitrogens with one attached hydrogen (secondary N) is 1. The molecule has 1 aliphatic rings. The monoisotopic (exact) mass is 666 g/mol. The van der Waals surface area contributed by atoms with E-state index in [9.17, 15) is 0 Å². The predicted molar refractivity (Wildman–Crippen MR) is 214 cm³/mol. The topological polar surface area (TPSA) is 50.7 Å². The molecule has 11 rings (SSSR count). The zero-order chi connectivity index (χ0) is 34.2. The summed E-state index contributed by atoms with van der Waals surface area (Å²) in [5.41, 5.74) is 10.8. The highest BCUT2D eigenvalue weighted by Gasteiger charge is 2.30. The second-order valence-corrected chi connectivity index (χ2v) is 13.6. The van der Waals surface area contributed by atoms with Crippen molar-refractivity contribution in [2.45, 2.75) is 6.17 Å². The van der Waals surface area contributed by atoms with Crippen LogP contribution in [0.4, 0.5) is 5.69 Å². The molecule has 8 aromatic carbocycles. The fraction of sp³-hybridized carbons (Fsp3) is 0.0208. The molecular formula is C48H30N2O2. The Morgan fingerprint density at radius 1 is 0.442 bits per heavy atom. The van der Waals surface area contributed by atoms with Gasteiger partial charge < -0.3 is 14.2 Å². The second kappa shape index (κ2) is 11.3. The van der Waals surface area contributed by atoms with Gasteiger partial charge in [-0.25, -0.2) is 0 Å². The van der Waals surface area contributed by atoms with E-state index in [0.717, 1.165) is 72.3 Å². The Hall–Kier alpha value is -6.91. The van der Waals surface area contributed by atoms with Crippen LogP contribution in [0.25, 0.3) is 76.7 Å². The lowest BCUT2D eigenvalue weighted by Gasteiger charge is -2.24. The number of hydrogen-bond donors (Lipinski definition) is 1. The average molecular weight is 667 g/mol. The third-order valence-electron chi connectivity index (χ3n) is 10.5. The number of furan rings is 2. The molecule has 0 saturated carbocycles. The van der Waals surface area contributed by atoms with Crippen LogP contribution < -0.4 is 5.32 Å². The van der Waals surface area contributed by atoms with E-state index in [2.05, 4.69) is 151 Å². The third-order valence-corrected chi connectivity index (χ3v) is 10.5. The molecule has 244 valence electrons. The largest absolute Gasteiger partial charge is 0.456 e. The summed E-state index contributed by atoms with van der Waals surface area (Å²) in [6.45, 7) is 0. The molecule has 0 spiro atoms. The average Bonchev–Trinajstić information content (AvgIpc) is 3.78. The molecule has 4 nitrogen and oxygen atoms in total. The van der Waals surface area contributed by atoms with Crippen molar-refractivity contribution >= 4 is 65.9 Å². The molecule has 4 heteroatoms. The molecule has 3 heterocycles. The summed E-state index contributed by atoms with van der Waals surface area (Å²) in [5, 5.41) is 11.7. The van der Waals surface area contributed by atoms with Crippen LogP contribution >= 0.6 is 0 Å². The van der Waals surface area contributed by atoms with Crippen LogP contribution in [0.2, 0.25) is 0 Å². The van der Waals surface area contributed by atoms with E-state index >= 15 is 0 Å². The molecule has 0 saturated heterocycles. The van der Waals surface area contributed by atoms with Crippen molar-refractivity contribution in [3.8, 4) is 22.3 Å². The number of aliphatic imine (C=N–C) groups is 1. The van der Waals surface area contributed by atoms with Gasteiger partial charge in [-0.3, -0.25) is 4.99 Å². The number of nitrogens with zero attached hydrogens (tertiary/aromatic N) is 1. The van der Waals surface area contributed by atoms with Gasteiger partial charge in [0.25, 0.3) is 0 Å². The fourth-order valence-corrected chi connectivity index (χ4v) is 7.87. The Morgan fingerprint density at radius 3 is 1.73 bits per heavy atom. The molecule has 0 radical (unpaired) electrons. The molecule has 1 unspecified atom stereocenters. The SMILES string of the molecule is c1ccc2cc(-c3ccc(C4N=C(c5cc(-c6ccc7ccccc7c6)cc6oc7ccccc7c56)c5oc6ccccc6c5N4)cc3)ccc2c1. The Kier molecular flexibility index (Phi) is 6.28. The smallest absolute Gasteiger partial charge is 0.177 e. The minimum absolute atomic E-state index is 0.341. The standard InChI is InChI=1S/C48H30N2O2/c1-3-11-33-25-35(23-19-29(33)9-1)31-17-21-32(22-18-31)48-49-45-39-14-6-8-16-42(39)52-47(45)46(50-48)40-27-37(36-24-20-30-10-2-4-12-34(30)26-36)28-43-44(40)38-13-5-7-15-41(38)51-43/h1-28,48-49H. The number of rotatable bonds is 4. The van der Waals surface area contributed by atoms with Crippen LogP contribution in [0.15, 0.2) is 184 Å². The van der Waals surface area contributed by atoms with Crippen molar-refractivity contribution in [3.05, 3.63) is 187 Å². The molecule has 1 N–H and O–H groups in total. The molecule has 52 heavy (non-hydrogen) atoms. The number of fused-ring (bicyclic) bond motifs is 8. The molecule has 1 aliphatic heterocycles. The van der Waals surface area contributed by atoms with E-state index in [1.165, 1.54) is 32.7 Å². The summed E-state index contributed by atoms with van der Waals surface area (Å²) in [4.78, 5) is 5.49. The maximum atomic E-state index is 6.67. The van der Waals surface area contributed by atoms with Crippen LogP contribution in [-0.4, -0.2) is 5.71 Å². The van der Waals surface area contributed by atoms with Gasteiger partial charge in [0, 0.05) is 21.7 Å². The minimum atomic E-state index is -0.341. The normalized spacial score (nSPS) is 14.2. The van der Waals surface area contributed by atoms with Crippen LogP contribution in [0, 0.1) is 0 Å². The summed E-state index contributed by atoms with van der Waals surface area (Å²) in [6.07, 6.45) is -0.341. The van der Waals surface area contributed by atoms with Gasteiger partial charge in [0.2, 0.25) is 0 Å². The Balaban J connectivity index is 1.11. The molecule has 0 aliphatic carbocycles. The number of hydrogen-bond acceptors (Lipinski definition) is 4.